The maximum Gasteiger partial charge on any atom is 0.329 e. The molecule has 11 heteroatoms. The molecule has 0 radical (unpaired) electrons. The molecule has 0 saturated carbocycles. The molecule has 3 rings (SSSR count). The van der Waals surface area contributed by atoms with Gasteiger partial charge in [-0.1, -0.05) is 25.4 Å². The Morgan fingerprint density at radius 3 is 2.46 bits per heavy atom. The van der Waals surface area contributed by atoms with Crippen molar-refractivity contribution in [2.75, 3.05) is 26.5 Å². The van der Waals surface area contributed by atoms with Crippen molar-refractivity contribution in [1.82, 2.24) is 14.5 Å². The molecule has 0 unspecified atom stereocenters. The third-order valence-electron chi connectivity index (χ3n) is 5.39. The van der Waals surface area contributed by atoms with Gasteiger partial charge in [-0.15, -0.1) is 0 Å². The molecule has 9 nitrogen and oxygen atoms in total. The van der Waals surface area contributed by atoms with E-state index in [0.717, 1.165) is 8.14 Å². The van der Waals surface area contributed by atoms with Gasteiger partial charge in [0, 0.05) is 28.8 Å². The molecule has 35 heavy (non-hydrogen) atoms. The molecule has 2 amide bonds. The highest BCUT2D eigenvalue weighted by Crippen LogP contribution is 2.37. The van der Waals surface area contributed by atoms with Crippen molar-refractivity contribution in [3.63, 3.8) is 0 Å². The number of benzene rings is 2. The second-order valence-electron chi connectivity index (χ2n) is 8.42. The number of aromatic nitrogens is 2. The molecule has 0 bridgehead atoms. The second-order valence-corrected chi connectivity index (χ2v) is 10.1. The number of aromatic hydroxyl groups is 1. The number of anilines is 1. The smallest absolute Gasteiger partial charge is 0.329 e. The first kappa shape index (κ1) is 26.6. The van der Waals surface area contributed by atoms with Crippen LogP contribution in [0.15, 0.2) is 41.2 Å². The molecule has 0 aliphatic carbocycles. The van der Waals surface area contributed by atoms with Gasteiger partial charge in [0.15, 0.2) is 0 Å². The van der Waals surface area contributed by atoms with Crippen LogP contribution in [0.2, 0.25) is 5.02 Å². The Kier molecular flexibility index (Phi) is 8.16. The number of amides is 2. The van der Waals surface area contributed by atoms with Crippen LogP contribution in [-0.2, 0) is 4.79 Å². The highest BCUT2D eigenvalue weighted by molar-refractivity contribution is 14.1. The lowest BCUT2D eigenvalue weighted by Crippen LogP contribution is -2.35. The average molecular weight is 613 g/mol. The zero-order valence-electron chi connectivity index (χ0n) is 19.8. The highest BCUT2D eigenvalue weighted by Gasteiger charge is 2.31. The number of carbonyl (C=O) groups excluding carboxylic acids is 2. The summed E-state index contributed by atoms with van der Waals surface area (Å²) in [7, 11) is 4.68. The maximum absolute atomic E-state index is 13.2. The van der Waals surface area contributed by atoms with Gasteiger partial charge < -0.3 is 25.0 Å². The van der Waals surface area contributed by atoms with Crippen molar-refractivity contribution in [1.29, 1.82) is 0 Å². The number of halogens is 2. The van der Waals surface area contributed by atoms with Gasteiger partial charge in [0.05, 0.1) is 17.8 Å². The Morgan fingerprint density at radius 1 is 1.20 bits per heavy atom. The lowest BCUT2D eigenvalue weighted by Gasteiger charge is -2.22. The Labute approximate surface area is 221 Å². The number of ether oxygens (including phenoxy) is 1. The van der Waals surface area contributed by atoms with Crippen molar-refractivity contribution in [3.8, 4) is 22.9 Å². The zero-order valence-corrected chi connectivity index (χ0v) is 22.8. The molecule has 3 aromatic rings. The minimum atomic E-state index is -1.04. The number of imidazole rings is 1. The normalized spacial score (nSPS) is 11.9. The van der Waals surface area contributed by atoms with E-state index in [1.807, 2.05) is 0 Å². The van der Waals surface area contributed by atoms with Crippen LogP contribution in [0.4, 0.5) is 5.69 Å². The van der Waals surface area contributed by atoms with Gasteiger partial charge in [0.2, 0.25) is 11.8 Å². The summed E-state index contributed by atoms with van der Waals surface area (Å²) in [5.41, 5.74) is 0.538. The van der Waals surface area contributed by atoms with Crippen LogP contribution in [0.1, 0.15) is 30.2 Å². The minimum Gasteiger partial charge on any atom is -0.496 e. The van der Waals surface area contributed by atoms with E-state index < -0.39 is 23.5 Å². The number of nitrogens with zero attached hydrogens (tertiary/aromatic N) is 2. The van der Waals surface area contributed by atoms with Crippen molar-refractivity contribution in [3.05, 3.63) is 61.0 Å². The number of carbonyl (C=O) groups is 2. The van der Waals surface area contributed by atoms with Crippen LogP contribution in [-0.4, -0.2) is 52.6 Å². The van der Waals surface area contributed by atoms with Crippen LogP contribution in [0.3, 0.4) is 0 Å². The first-order valence-electron chi connectivity index (χ1n) is 10.7. The first-order chi connectivity index (χ1) is 16.5. The van der Waals surface area contributed by atoms with E-state index in [4.69, 9.17) is 16.3 Å². The molecule has 186 valence electrons. The molecular weight excluding hydrogens is 587 g/mol. The third-order valence-corrected chi connectivity index (χ3v) is 6.38. The van der Waals surface area contributed by atoms with E-state index in [2.05, 4.69) is 32.9 Å². The number of H-pyrrole nitrogens is 1. The van der Waals surface area contributed by atoms with Gasteiger partial charge >= 0.3 is 5.69 Å². The summed E-state index contributed by atoms with van der Waals surface area (Å²) in [5.74, 6) is -1.24. The zero-order chi connectivity index (χ0) is 26.0. The van der Waals surface area contributed by atoms with E-state index in [9.17, 15) is 19.5 Å². The van der Waals surface area contributed by atoms with Gasteiger partial charge in [-0.3, -0.25) is 9.59 Å². The first-order valence-corrected chi connectivity index (χ1v) is 12.1. The Bertz CT molecular complexity index is 1330. The summed E-state index contributed by atoms with van der Waals surface area (Å²) in [4.78, 5) is 42.5. The van der Waals surface area contributed by atoms with E-state index in [-0.39, 0.29) is 23.3 Å². The van der Waals surface area contributed by atoms with Gasteiger partial charge in [-0.2, -0.15) is 0 Å². The van der Waals surface area contributed by atoms with E-state index >= 15 is 0 Å². The quantitative estimate of drug-likeness (QED) is 0.343. The van der Waals surface area contributed by atoms with Crippen molar-refractivity contribution >= 4 is 51.7 Å². The molecule has 0 spiro atoms. The lowest BCUT2D eigenvalue weighted by molar-refractivity contribution is -0.120. The monoisotopic (exact) mass is 612 g/mol. The van der Waals surface area contributed by atoms with Gasteiger partial charge in [-0.05, 0) is 64.9 Å². The summed E-state index contributed by atoms with van der Waals surface area (Å²) < 4.78 is 7.34. The molecule has 3 N–H and O–H groups in total. The molecule has 1 aromatic heterocycles. The van der Waals surface area contributed by atoms with E-state index in [1.54, 1.807) is 58.3 Å². The summed E-state index contributed by atoms with van der Waals surface area (Å²) >= 11 is 8.36. The maximum atomic E-state index is 13.2. The molecule has 0 aliphatic heterocycles. The standard InChI is InChI=1S/C24H26ClIN4O5/c1-12(2)20(21(31)27-17-9-7-14(26)11-16(17)25)30-23(33)19(28-24(30)34)15-8-6-13(10-18(15)35-5)22(32)29(3)4/h6-12,20,33H,1-5H3,(H,27,31)(H,28,34)/t20-/m0/s1. The van der Waals surface area contributed by atoms with Crippen LogP contribution in [0.5, 0.6) is 11.6 Å². The Balaban J connectivity index is 2.05. The van der Waals surface area contributed by atoms with Crippen LogP contribution in [0, 0.1) is 9.49 Å². The lowest BCUT2D eigenvalue weighted by atomic mass is 10.0. The van der Waals surface area contributed by atoms with Crippen LogP contribution >= 0.6 is 34.2 Å². The SMILES string of the molecule is COc1cc(C(=O)N(C)C)ccc1-c1[nH]c(=O)n([C@H](C(=O)Nc2ccc(I)cc2Cl)C(C)C)c1O. The van der Waals surface area contributed by atoms with Crippen molar-refractivity contribution in [2.24, 2.45) is 5.92 Å². The van der Waals surface area contributed by atoms with Crippen LogP contribution < -0.4 is 15.7 Å². The van der Waals surface area contributed by atoms with Crippen molar-refractivity contribution < 1.29 is 19.4 Å². The molecular formula is C24H26ClIN4O5. The van der Waals surface area contributed by atoms with Crippen LogP contribution in [0.25, 0.3) is 11.3 Å². The van der Waals surface area contributed by atoms with E-state index in [1.165, 1.54) is 18.1 Å². The fourth-order valence-corrected chi connectivity index (χ4v) is 4.59. The fraction of sp³-hybridized carbons (Fsp3) is 0.292. The van der Waals surface area contributed by atoms with Gasteiger partial charge in [0.1, 0.15) is 17.5 Å². The molecule has 2 aromatic carbocycles. The van der Waals surface area contributed by atoms with Gasteiger partial charge in [-0.25, -0.2) is 9.36 Å². The summed E-state index contributed by atoms with van der Waals surface area (Å²) in [6, 6.07) is 8.80. The summed E-state index contributed by atoms with van der Waals surface area (Å²) in [6.07, 6.45) is 0. The topological polar surface area (TPSA) is 117 Å². The number of aromatic amines is 1. The Morgan fingerprint density at radius 2 is 1.89 bits per heavy atom. The van der Waals surface area contributed by atoms with Crippen molar-refractivity contribution in [2.45, 2.75) is 19.9 Å². The minimum absolute atomic E-state index is 0.0708. The average Bonchev–Trinajstić information content (AvgIpc) is 3.08. The molecule has 0 saturated heterocycles. The molecule has 1 atom stereocenters. The number of rotatable bonds is 7. The second kappa shape index (κ2) is 10.7. The molecule has 0 fully saturated rings. The number of hydrogen-bond acceptors (Lipinski definition) is 5. The van der Waals surface area contributed by atoms with Gasteiger partial charge in [0.25, 0.3) is 5.91 Å². The van der Waals surface area contributed by atoms with E-state index in [0.29, 0.717) is 21.8 Å². The summed E-state index contributed by atoms with van der Waals surface area (Å²) in [5, 5.41) is 14.2. The Hall–Kier alpha value is -2.99. The molecule has 0 aliphatic rings. The fourth-order valence-electron chi connectivity index (χ4n) is 3.69. The number of methoxy groups -OCH3 is 1. The number of nitrogens with one attached hydrogen (secondary N) is 2. The summed E-state index contributed by atoms with van der Waals surface area (Å²) in [6.45, 7) is 3.53. The predicted octanol–water partition coefficient (Wildman–Crippen LogP) is 4.35. The third kappa shape index (κ3) is 5.48. The highest BCUT2D eigenvalue weighted by atomic mass is 127. The largest absolute Gasteiger partial charge is 0.496 e. The predicted molar refractivity (Wildman–Crippen MR) is 143 cm³/mol. The molecule has 1 heterocycles. The number of hydrogen-bond donors (Lipinski definition) is 3.